The maximum absolute atomic E-state index is 11.0. The number of piperidine rings is 1. The Hall–Kier alpha value is -2.09. The van der Waals surface area contributed by atoms with Crippen molar-refractivity contribution in [3.63, 3.8) is 0 Å². The predicted molar refractivity (Wildman–Crippen MR) is 66.3 cm³/mol. The molecule has 2 rings (SSSR count). The second-order valence-corrected chi connectivity index (χ2v) is 4.57. The van der Waals surface area contributed by atoms with Gasteiger partial charge in [-0.05, 0) is 31.4 Å². The summed E-state index contributed by atoms with van der Waals surface area (Å²) in [6.07, 6.45) is 1.55. The topological polar surface area (TPSA) is 77.2 Å². The lowest BCUT2D eigenvalue weighted by atomic mass is 9.98. The normalized spacial score (nSPS) is 19.3. The molecule has 1 N–H and O–H groups in total. The molecular formula is C13H15N3O2. The summed E-state index contributed by atoms with van der Waals surface area (Å²) in [5.74, 6) is -0.400. The van der Waals surface area contributed by atoms with Crippen LogP contribution in [-0.4, -0.2) is 29.1 Å². The van der Waals surface area contributed by atoms with Crippen molar-refractivity contribution < 1.29 is 9.90 Å². The van der Waals surface area contributed by atoms with Crippen LogP contribution in [0.3, 0.4) is 0 Å². The Bertz CT molecular complexity index is 507. The van der Waals surface area contributed by atoms with Gasteiger partial charge in [-0.1, -0.05) is 6.07 Å². The summed E-state index contributed by atoms with van der Waals surface area (Å²) in [7, 11) is 0. The molecule has 5 nitrogen and oxygen atoms in total. The van der Waals surface area contributed by atoms with Crippen LogP contribution in [0.1, 0.15) is 24.1 Å². The van der Waals surface area contributed by atoms with Crippen LogP contribution < -0.4 is 4.90 Å². The quantitative estimate of drug-likeness (QED) is 0.855. The van der Waals surface area contributed by atoms with Crippen molar-refractivity contribution in [3.8, 4) is 6.07 Å². The van der Waals surface area contributed by atoms with Crippen molar-refractivity contribution >= 4 is 11.8 Å². The summed E-state index contributed by atoms with van der Waals surface area (Å²) in [5, 5.41) is 18.0. The first-order valence-electron chi connectivity index (χ1n) is 5.97. The number of hydrogen-bond acceptors (Lipinski definition) is 4. The molecule has 1 aromatic rings. The third-order valence-corrected chi connectivity index (χ3v) is 3.28. The fourth-order valence-electron chi connectivity index (χ4n) is 2.19. The lowest BCUT2D eigenvalue weighted by molar-refractivity contribution is -0.141. The van der Waals surface area contributed by atoms with Crippen LogP contribution in [0, 0.1) is 24.2 Å². The van der Waals surface area contributed by atoms with Gasteiger partial charge in [-0.25, -0.2) is 4.98 Å². The van der Waals surface area contributed by atoms with Crippen molar-refractivity contribution in [1.29, 1.82) is 5.26 Å². The molecule has 0 radical (unpaired) electrons. The minimum Gasteiger partial charge on any atom is -0.481 e. The van der Waals surface area contributed by atoms with Gasteiger partial charge in [0.1, 0.15) is 17.6 Å². The second kappa shape index (κ2) is 5.05. The molecule has 1 fully saturated rings. The number of anilines is 1. The van der Waals surface area contributed by atoms with E-state index in [0.29, 0.717) is 24.5 Å². The third kappa shape index (κ3) is 2.43. The van der Waals surface area contributed by atoms with Crippen LogP contribution in [0.4, 0.5) is 5.82 Å². The first kappa shape index (κ1) is 12.4. The summed E-state index contributed by atoms with van der Waals surface area (Å²) in [6, 6.07) is 5.75. The van der Waals surface area contributed by atoms with E-state index in [-0.39, 0.29) is 5.92 Å². The molecule has 0 amide bonds. The van der Waals surface area contributed by atoms with Gasteiger partial charge in [0.05, 0.1) is 5.92 Å². The average molecular weight is 245 g/mol. The number of rotatable bonds is 2. The number of nitriles is 1. The first-order valence-corrected chi connectivity index (χ1v) is 5.97. The standard InChI is InChI=1S/C13H15N3O2/c1-9-4-5-12(15-11(9)7-14)16-6-2-3-10(8-16)13(17)18/h4-5,10H,2-3,6,8H2,1H3,(H,17,18). The van der Waals surface area contributed by atoms with E-state index < -0.39 is 5.97 Å². The van der Waals surface area contributed by atoms with Crippen LogP contribution in [0.2, 0.25) is 0 Å². The van der Waals surface area contributed by atoms with Gasteiger partial charge in [0.15, 0.2) is 0 Å². The van der Waals surface area contributed by atoms with Crippen LogP contribution in [-0.2, 0) is 4.79 Å². The zero-order chi connectivity index (χ0) is 13.1. The lowest BCUT2D eigenvalue weighted by Crippen LogP contribution is -2.39. The van der Waals surface area contributed by atoms with Gasteiger partial charge >= 0.3 is 5.97 Å². The predicted octanol–water partition coefficient (Wildman–Crippen LogP) is 1.56. The molecule has 1 atom stereocenters. The third-order valence-electron chi connectivity index (χ3n) is 3.28. The Morgan fingerprint density at radius 3 is 3.06 bits per heavy atom. The summed E-state index contributed by atoms with van der Waals surface area (Å²) in [4.78, 5) is 17.2. The number of nitrogens with zero attached hydrogens (tertiary/aromatic N) is 3. The Balaban J connectivity index is 2.21. The maximum Gasteiger partial charge on any atom is 0.308 e. The highest BCUT2D eigenvalue weighted by molar-refractivity contribution is 5.71. The molecule has 0 spiro atoms. The molecule has 18 heavy (non-hydrogen) atoms. The Kier molecular flexibility index (Phi) is 3.47. The van der Waals surface area contributed by atoms with E-state index >= 15 is 0 Å². The summed E-state index contributed by atoms with van der Waals surface area (Å²) in [6.45, 7) is 3.10. The summed E-state index contributed by atoms with van der Waals surface area (Å²) < 4.78 is 0. The minimum absolute atomic E-state index is 0.340. The molecule has 0 aromatic carbocycles. The zero-order valence-corrected chi connectivity index (χ0v) is 10.3. The number of carboxylic acid groups (broad SMARTS) is 1. The fraction of sp³-hybridized carbons (Fsp3) is 0.462. The van der Waals surface area contributed by atoms with Crippen LogP contribution >= 0.6 is 0 Å². The van der Waals surface area contributed by atoms with Crippen LogP contribution in [0.5, 0.6) is 0 Å². The Morgan fingerprint density at radius 2 is 2.39 bits per heavy atom. The molecule has 1 saturated heterocycles. The molecule has 0 saturated carbocycles. The molecule has 1 aliphatic heterocycles. The highest BCUT2D eigenvalue weighted by Crippen LogP contribution is 2.22. The van der Waals surface area contributed by atoms with Gasteiger partial charge in [-0.2, -0.15) is 5.26 Å². The summed E-state index contributed by atoms with van der Waals surface area (Å²) >= 11 is 0. The highest BCUT2D eigenvalue weighted by atomic mass is 16.4. The monoisotopic (exact) mass is 245 g/mol. The van der Waals surface area contributed by atoms with Crippen molar-refractivity contribution in [2.45, 2.75) is 19.8 Å². The smallest absolute Gasteiger partial charge is 0.308 e. The fourth-order valence-corrected chi connectivity index (χ4v) is 2.19. The van der Waals surface area contributed by atoms with Crippen molar-refractivity contribution in [3.05, 3.63) is 23.4 Å². The number of aromatic nitrogens is 1. The van der Waals surface area contributed by atoms with Gasteiger partial charge in [0, 0.05) is 13.1 Å². The van der Waals surface area contributed by atoms with Gasteiger partial charge in [-0.15, -0.1) is 0 Å². The average Bonchev–Trinajstić information content (AvgIpc) is 2.39. The van der Waals surface area contributed by atoms with Gasteiger partial charge in [0.25, 0.3) is 0 Å². The first-order chi connectivity index (χ1) is 8.61. The molecule has 1 aromatic heterocycles. The largest absolute Gasteiger partial charge is 0.481 e. The lowest BCUT2D eigenvalue weighted by Gasteiger charge is -2.31. The second-order valence-electron chi connectivity index (χ2n) is 4.57. The molecule has 5 heteroatoms. The van der Waals surface area contributed by atoms with E-state index in [4.69, 9.17) is 10.4 Å². The van der Waals surface area contributed by atoms with Crippen LogP contribution in [0.25, 0.3) is 0 Å². The Morgan fingerprint density at radius 1 is 1.61 bits per heavy atom. The van der Waals surface area contributed by atoms with Gasteiger partial charge < -0.3 is 10.0 Å². The highest BCUT2D eigenvalue weighted by Gasteiger charge is 2.26. The number of hydrogen-bond donors (Lipinski definition) is 1. The molecule has 0 bridgehead atoms. The number of pyridine rings is 1. The Labute approximate surface area is 106 Å². The van der Waals surface area contributed by atoms with Gasteiger partial charge in [-0.3, -0.25) is 4.79 Å². The van der Waals surface area contributed by atoms with Crippen molar-refractivity contribution in [2.24, 2.45) is 5.92 Å². The van der Waals surface area contributed by atoms with E-state index in [1.54, 1.807) is 0 Å². The molecule has 2 heterocycles. The van der Waals surface area contributed by atoms with Crippen LogP contribution in [0.15, 0.2) is 12.1 Å². The van der Waals surface area contributed by atoms with Gasteiger partial charge in [0.2, 0.25) is 0 Å². The van der Waals surface area contributed by atoms with E-state index in [0.717, 1.165) is 18.5 Å². The zero-order valence-electron chi connectivity index (χ0n) is 10.3. The maximum atomic E-state index is 11.0. The molecular weight excluding hydrogens is 230 g/mol. The molecule has 0 aliphatic carbocycles. The van der Waals surface area contributed by atoms with E-state index in [1.165, 1.54) is 0 Å². The summed E-state index contributed by atoms with van der Waals surface area (Å²) in [5.41, 5.74) is 1.25. The van der Waals surface area contributed by atoms with E-state index in [1.807, 2.05) is 24.0 Å². The molecule has 1 unspecified atom stereocenters. The number of aliphatic carboxylic acids is 1. The van der Waals surface area contributed by atoms with Crippen molar-refractivity contribution in [2.75, 3.05) is 18.0 Å². The number of carbonyl (C=O) groups is 1. The number of carboxylic acids is 1. The minimum atomic E-state index is -0.757. The molecule has 94 valence electrons. The SMILES string of the molecule is Cc1ccc(N2CCCC(C(=O)O)C2)nc1C#N. The van der Waals surface area contributed by atoms with E-state index in [9.17, 15) is 4.79 Å². The number of aryl methyl sites for hydroxylation is 1. The molecule has 1 aliphatic rings. The van der Waals surface area contributed by atoms with E-state index in [2.05, 4.69) is 11.1 Å². The van der Waals surface area contributed by atoms with Crippen molar-refractivity contribution in [1.82, 2.24) is 4.98 Å².